The number of carboxylic acid groups (broad SMARTS) is 1. The smallest absolute Gasteiger partial charge is 0.335 e. The van der Waals surface area contributed by atoms with Crippen LogP contribution in [0.4, 0.5) is 0 Å². The fourth-order valence-corrected chi connectivity index (χ4v) is 2.77. The zero-order chi connectivity index (χ0) is 18.7. The van der Waals surface area contributed by atoms with Crippen LogP contribution in [0.3, 0.4) is 0 Å². The molecule has 3 rings (SSSR count). The summed E-state index contributed by atoms with van der Waals surface area (Å²) in [6.45, 7) is 0.336. The number of pyridine rings is 1. The van der Waals surface area contributed by atoms with Crippen molar-refractivity contribution >= 4 is 11.9 Å². The Morgan fingerprint density at radius 3 is 2.58 bits per heavy atom. The van der Waals surface area contributed by atoms with Gasteiger partial charge in [0.05, 0.1) is 26.3 Å². The normalized spacial score (nSPS) is 13.2. The van der Waals surface area contributed by atoms with E-state index >= 15 is 0 Å². The lowest BCUT2D eigenvalue weighted by molar-refractivity contribution is 0.0696. The number of carbonyl (C=O) groups is 2. The molecule has 0 unspecified atom stereocenters. The van der Waals surface area contributed by atoms with Gasteiger partial charge in [-0.15, -0.1) is 0 Å². The van der Waals surface area contributed by atoms with E-state index in [9.17, 15) is 9.59 Å². The lowest BCUT2D eigenvalue weighted by atomic mass is 10.1. The van der Waals surface area contributed by atoms with E-state index < -0.39 is 5.97 Å². The summed E-state index contributed by atoms with van der Waals surface area (Å²) in [6, 6.07) is 8.22. The lowest BCUT2D eigenvalue weighted by Gasteiger charge is -2.23. The van der Waals surface area contributed by atoms with Crippen LogP contribution in [-0.4, -0.2) is 47.1 Å². The van der Waals surface area contributed by atoms with E-state index in [1.54, 1.807) is 31.3 Å². The molecule has 7 heteroatoms. The number of rotatable bonds is 7. The predicted molar refractivity (Wildman–Crippen MR) is 93.6 cm³/mol. The molecule has 1 aromatic carbocycles. The number of benzene rings is 1. The minimum atomic E-state index is -1.09. The first-order valence-electron chi connectivity index (χ1n) is 8.24. The Morgan fingerprint density at radius 1 is 1.19 bits per heavy atom. The van der Waals surface area contributed by atoms with Gasteiger partial charge in [0.2, 0.25) is 0 Å². The van der Waals surface area contributed by atoms with E-state index in [-0.39, 0.29) is 23.2 Å². The minimum Gasteiger partial charge on any atom is -0.497 e. The van der Waals surface area contributed by atoms with E-state index in [2.05, 4.69) is 4.98 Å². The van der Waals surface area contributed by atoms with Gasteiger partial charge in [-0.1, -0.05) is 0 Å². The van der Waals surface area contributed by atoms with Gasteiger partial charge in [-0.25, -0.2) is 4.79 Å². The largest absolute Gasteiger partial charge is 0.497 e. The molecule has 1 fully saturated rings. The van der Waals surface area contributed by atoms with Crippen molar-refractivity contribution in [2.75, 3.05) is 14.2 Å². The van der Waals surface area contributed by atoms with E-state index in [4.69, 9.17) is 14.6 Å². The number of aromatic nitrogens is 1. The van der Waals surface area contributed by atoms with Crippen molar-refractivity contribution in [3.05, 3.63) is 53.3 Å². The maximum absolute atomic E-state index is 13.0. The van der Waals surface area contributed by atoms with Crippen LogP contribution >= 0.6 is 0 Å². The molecule has 1 amide bonds. The summed E-state index contributed by atoms with van der Waals surface area (Å²) >= 11 is 0. The molecule has 7 nitrogen and oxygen atoms in total. The number of carboxylic acids is 1. The summed E-state index contributed by atoms with van der Waals surface area (Å²) in [5, 5.41) is 9.13. The monoisotopic (exact) mass is 356 g/mol. The van der Waals surface area contributed by atoms with Crippen molar-refractivity contribution in [1.29, 1.82) is 0 Å². The highest BCUT2D eigenvalue weighted by atomic mass is 16.5. The second-order valence-corrected chi connectivity index (χ2v) is 6.08. The van der Waals surface area contributed by atoms with Gasteiger partial charge in [-0.3, -0.25) is 9.78 Å². The van der Waals surface area contributed by atoms with E-state index in [1.807, 2.05) is 6.07 Å². The second-order valence-electron chi connectivity index (χ2n) is 6.08. The van der Waals surface area contributed by atoms with Crippen LogP contribution in [0.25, 0.3) is 0 Å². The third kappa shape index (κ3) is 3.77. The van der Waals surface area contributed by atoms with Crippen LogP contribution in [0.15, 0.2) is 36.5 Å². The first kappa shape index (κ1) is 17.7. The summed E-state index contributed by atoms with van der Waals surface area (Å²) in [7, 11) is 3.16. The summed E-state index contributed by atoms with van der Waals surface area (Å²) in [5.41, 5.74) is 0.984. The molecule has 1 aromatic heterocycles. The van der Waals surface area contributed by atoms with Crippen molar-refractivity contribution in [1.82, 2.24) is 9.88 Å². The number of ether oxygens (including phenoxy) is 2. The third-order valence-electron chi connectivity index (χ3n) is 4.30. The Hall–Kier alpha value is -3.09. The molecule has 0 atom stereocenters. The quantitative estimate of drug-likeness (QED) is 0.820. The van der Waals surface area contributed by atoms with Crippen molar-refractivity contribution < 1.29 is 24.2 Å². The number of hydrogen-bond donors (Lipinski definition) is 1. The first-order valence-corrected chi connectivity index (χ1v) is 8.24. The van der Waals surface area contributed by atoms with Gasteiger partial charge in [0.15, 0.2) is 0 Å². The number of methoxy groups -OCH3 is 2. The summed E-state index contributed by atoms with van der Waals surface area (Å²) in [4.78, 5) is 29.9. The van der Waals surface area contributed by atoms with Crippen LogP contribution in [0, 0.1) is 0 Å². The molecule has 0 aliphatic heterocycles. The van der Waals surface area contributed by atoms with E-state index in [0.717, 1.165) is 18.4 Å². The van der Waals surface area contributed by atoms with Crippen LogP contribution < -0.4 is 9.47 Å². The highest BCUT2D eigenvalue weighted by Crippen LogP contribution is 2.32. The van der Waals surface area contributed by atoms with Gasteiger partial charge >= 0.3 is 5.97 Å². The maximum atomic E-state index is 13.0. The molecule has 1 N–H and O–H groups in total. The van der Waals surface area contributed by atoms with Crippen molar-refractivity contribution in [3.63, 3.8) is 0 Å². The fourth-order valence-electron chi connectivity index (χ4n) is 2.77. The molecule has 0 saturated heterocycles. The van der Waals surface area contributed by atoms with Crippen LogP contribution in [0.2, 0.25) is 0 Å². The molecule has 0 spiro atoms. The first-order chi connectivity index (χ1) is 12.5. The fraction of sp³-hybridized carbons (Fsp3) is 0.316. The average molecular weight is 356 g/mol. The SMILES string of the molecule is COc1ccc(OC)c(CN(C(=O)c2cc(C(=O)O)ccn2)C2CC2)c1. The summed E-state index contributed by atoms with van der Waals surface area (Å²) < 4.78 is 10.7. The van der Waals surface area contributed by atoms with Crippen LogP contribution in [0.1, 0.15) is 39.3 Å². The van der Waals surface area contributed by atoms with Gasteiger partial charge in [0.1, 0.15) is 17.2 Å². The number of nitrogens with zero attached hydrogens (tertiary/aromatic N) is 2. The number of hydrogen-bond acceptors (Lipinski definition) is 5. The van der Waals surface area contributed by atoms with Crippen molar-refractivity contribution in [3.8, 4) is 11.5 Å². The molecule has 1 aliphatic carbocycles. The highest BCUT2D eigenvalue weighted by Gasteiger charge is 2.34. The van der Waals surface area contributed by atoms with Crippen molar-refractivity contribution in [2.24, 2.45) is 0 Å². The molecule has 0 radical (unpaired) electrons. The molecule has 2 aromatic rings. The average Bonchev–Trinajstić information content (AvgIpc) is 3.50. The molecule has 1 heterocycles. The Balaban J connectivity index is 1.90. The lowest BCUT2D eigenvalue weighted by Crippen LogP contribution is -2.33. The summed E-state index contributed by atoms with van der Waals surface area (Å²) in [6.07, 6.45) is 3.17. The topological polar surface area (TPSA) is 89.0 Å². The Kier molecular flexibility index (Phi) is 5.06. The Bertz CT molecular complexity index is 832. The molecular formula is C19H20N2O5. The van der Waals surface area contributed by atoms with Gasteiger partial charge in [0.25, 0.3) is 5.91 Å². The molecule has 1 saturated carbocycles. The molecule has 136 valence electrons. The van der Waals surface area contributed by atoms with E-state index in [0.29, 0.717) is 18.0 Å². The standard InChI is InChI=1S/C19H20N2O5/c1-25-15-5-6-17(26-2)13(9-15)11-21(14-3-4-14)18(22)16-10-12(19(23)24)7-8-20-16/h5-10,14H,3-4,11H2,1-2H3,(H,23,24). The van der Waals surface area contributed by atoms with Crippen LogP contribution in [-0.2, 0) is 6.54 Å². The zero-order valence-corrected chi connectivity index (χ0v) is 14.6. The van der Waals surface area contributed by atoms with Gasteiger partial charge < -0.3 is 19.5 Å². The zero-order valence-electron chi connectivity index (χ0n) is 14.6. The van der Waals surface area contributed by atoms with Gasteiger partial charge in [0, 0.05) is 17.8 Å². The second kappa shape index (κ2) is 7.43. The number of aromatic carboxylic acids is 1. The van der Waals surface area contributed by atoms with Crippen molar-refractivity contribution in [2.45, 2.75) is 25.4 Å². The third-order valence-corrected chi connectivity index (χ3v) is 4.30. The Morgan fingerprint density at radius 2 is 1.96 bits per heavy atom. The highest BCUT2D eigenvalue weighted by molar-refractivity contribution is 5.96. The van der Waals surface area contributed by atoms with Crippen LogP contribution in [0.5, 0.6) is 11.5 Å². The number of carbonyl (C=O) groups excluding carboxylic acids is 1. The van der Waals surface area contributed by atoms with Gasteiger partial charge in [-0.2, -0.15) is 0 Å². The molecule has 0 bridgehead atoms. The molecular weight excluding hydrogens is 336 g/mol. The van der Waals surface area contributed by atoms with E-state index in [1.165, 1.54) is 18.3 Å². The number of amides is 1. The molecule has 1 aliphatic rings. The summed E-state index contributed by atoms with van der Waals surface area (Å²) in [5.74, 6) is -0.0409. The predicted octanol–water partition coefficient (Wildman–Crippen LogP) is 2.60. The molecule has 26 heavy (non-hydrogen) atoms. The minimum absolute atomic E-state index is 0.0399. The Labute approximate surface area is 151 Å². The van der Waals surface area contributed by atoms with Gasteiger partial charge in [-0.05, 0) is 43.2 Å². The maximum Gasteiger partial charge on any atom is 0.335 e.